The Hall–Kier alpha value is -2.70. The van der Waals surface area contributed by atoms with Crippen molar-refractivity contribution in [3.8, 4) is 0 Å². The maximum atomic E-state index is 13.2. The molecule has 7 heteroatoms. The normalized spacial score (nSPS) is 14.6. The zero-order chi connectivity index (χ0) is 20.3. The molecule has 2 heterocycles. The number of aromatic nitrogens is 1. The first-order valence-corrected chi connectivity index (χ1v) is 9.64. The van der Waals surface area contributed by atoms with Gasteiger partial charge in [0.1, 0.15) is 11.4 Å². The van der Waals surface area contributed by atoms with Crippen LogP contribution in [0.25, 0.3) is 0 Å². The SMILES string of the molecule is Cc1noc(C(C)C)c1C(=O)N1CCN(C(=O)CCc2cccc(F)c2)CC1. The van der Waals surface area contributed by atoms with Gasteiger partial charge in [-0.1, -0.05) is 31.1 Å². The van der Waals surface area contributed by atoms with Crippen molar-refractivity contribution >= 4 is 11.8 Å². The first-order chi connectivity index (χ1) is 13.4. The van der Waals surface area contributed by atoms with Gasteiger partial charge in [0.05, 0.1) is 5.69 Å². The maximum Gasteiger partial charge on any atom is 0.259 e. The summed E-state index contributed by atoms with van der Waals surface area (Å²) >= 11 is 0. The van der Waals surface area contributed by atoms with Crippen LogP contribution in [0.3, 0.4) is 0 Å². The van der Waals surface area contributed by atoms with Crippen LogP contribution in [0.4, 0.5) is 4.39 Å². The molecule has 2 amide bonds. The molecule has 0 spiro atoms. The average Bonchev–Trinajstić information content (AvgIpc) is 3.07. The lowest BCUT2D eigenvalue weighted by Gasteiger charge is -2.35. The van der Waals surface area contributed by atoms with Crippen molar-refractivity contribution in [2.24, 2.45) is 0 Å². The van der Waals surface area contributed by atoms with E-state index in [2.05, 4.69) is 5.16 Å². The highest BCUT2D eigenvalue weighted by Crippen LogP contribution is 2.24. The number of carbonyl (C=O) groups is 2. The summed E-state index contributed by atoms with van der Waals surface area (Å²) < 4.78 is 18.6. The lowest BCUT2D eigenvalue weighted by molar-refractivity contribution is -0.132. The number of hydrogen-bond donors (Lipinski definition) is 0. The number of halogens is 1. The van der Waals surface area contributed by atoms with Gasteiger partial charge < -0.3 is 14.3 Å². The summed E-state index contributed by atoms with van der Waals surface area (Å²) in [4.78, 5) is 28.9. The molecule has 1 aliphatic heterocycles. The minimum atomic E-state index is -0.290. The number of nitrogens with zero attached hydrogens (tertiary/aromatic N) is 3. The first kappa shape index (κ1) is 20.0. The summed E-state index contributed by atoms with van der Waals surface area (Å²) in [5, 5.41) is 3.94. The first-order valence-electron chi connectivity index (χ1n) is 9.64. The summed E-state index contributed by atoms with van der Waals surface area (Å²) in [6.07, 6.45) is 0.840. The Kier molecular flexibility index (Phi) is 6.11. The van der Waals surface area contributed by atoms with E-state index in [1.807, 2.05) is 19.9 Å². The van der Waals surface area contributed by atoms with Gasteiger partial charge in [0.25, 0.3) is 5.91 Å². The van der Waals surface area contributed by atoms with Gasteiger partial charge in [-0.3, -0.25) is 9.59 Å². The maximum absolute atomic E-state index is 13.2. The van der Waals surface area contributed by atoms with E-state index in [1.54, 1.807) is 22.8 Å². The Morgan fingerprint density at radius 2 is 1.86 bits per heavy atom. The molecule has 1 aromatic heterocycles. The van der Waals surface area contributed by atoms with Crippen molar-refractivity contribution in [1.29, 1.82) is 0 Å². The van der Waals surface area contributed by atoms with Crippen LogP contribution in [-0.4, -0.2) is 52.9 Å². The van der Waals surface area contributed by atoms with Gasteiger partial charge in [0.2, 0.25) is 5.91 Å². The van der Waals surface area contributed by atoms with Gasteiger partial charge in [-0.15, -0.1) is 0 Å². The van der Waals surface area contributed by atoms with Crippen LogP contribution in [0.2, 0.25) is 0 Å². The molecule has 0 unspecified atom stereocenters. The molecular weight excluding hydrogens is 361 g/mol. The Balaban J connectivity index is 1.55. The van der Waals surface area contributed by atoms with Crippen molar-refractivity contribution in [3.63, 3.8) is 0 Å². The Morgan fingerprint density at radius 1 is 1.18 bits per heavy atom. The molecule has 3 rings (SSSR count). The minimum Gasteiger partial charge on any atom is -0.360 e. The number of benzene rings is 1. The van der Waals surface area contributed by atoms with E-state index in [0.29, 0.717) is 56.0 Å². The van der Waals surface area contributed by atoms with E-state index in [0.717, 1.165) is 5.56 Å². The fourth-order valence-electron chi connectivity index (χ4n) is 3.46. The van der Waals surface area contributed by atoms with Crippen LogP contribution < -0.4 is 0 Å². The third-order valence-electron chi connectivity index (χ3n) is 5.06. The Bertz CT molecular complexity index is 854. The number of aryl methyl sites for hydroxylation is 2. The van der Waals surface area contributed by atoms with E-state index in [9.17, 15) is 14.0 Å². The topological polar surface area (TPSA) is 66.7 Å². The van der Waals surface area contributed by atoms with Crippen LogP contribution in [0, 0.1) is 12.7 Å². The molecule has 6 nitrogen and oxygen atoms in total. The van der Waals surface area contributed by atoms with E-state index in [4.69, 9.17) is 4.52 Å². The van der Waals surface area contributed by atoms with E-state index in [1.165, 1.54) is 12.1 Å². The van der Waals surface area contributed by atoms with Gasteiger partial charge in [0, 0.05) is 38.5 Å². The summed E-state index contributed by atoms with van der Waals surface area (Å²) in [5.41, 5.74) is 1.95. The largest absolute Gasteiger partial charge is 0.360 e. The molecule has 0 bridgehead atoms. The zero-order valence-corrected chi connectivity index (χ0v) is 16.6. The number of piperazine rings is 1. The monoisotopic (exact) mass is 387 g/mol. The summed E-state index contributed by atoms with van der Waals surface area (Å²) in [6, 6.07) is 6.32. The predicted molar refractivity (Wildman–Crippen MR) is 103 cm³/mol. The molecule has 0 N–H and O–H groups in total. The second kappa shape index (κ2) is 8.54. The Labute approximate surface area is 164 Å². The molecule has 1 saturated heterocycles. The fraction of sp³-hybridized carbons (Fsp3) is 0.476. The number of amides is 2. The highest BCUT2D eigenvalue weighted by atomic mass is 19.1. The van der Waals surface area contributed by atoms with Gasteiger partial charge in [-0.25, -0.2) is 4.39 Å². The van der Waals surface area contributed by atoms with Crippen molar-refractivity contribution in [2.45, 2.75) is 39.5 Å². The molecule has 0 saturated carbocycles. The molecule has 1 aliphatic rings. The van der Waals surface area contributed by atoms with Gasteiger partial charge in [-0.2, -0.15) is 0 Å². The molecule has 1 fully saturated rings. The molecule has 0 atom stereocenters. The van der Waals surface area contributed by atoms with Crippen LogP contribution >= 0.6 is 0 Å². The van der Waals surface area contributed by atoms with Crippen LogP contribution in [0.5, 0.6) is 0 Å². The van der Waals surface area contributed by atoms with Crippen LogP contribution in [0.1, 0.15) is 53.6 Å². The molecule has 0 radical (unpaired) electrons. The van der Waals surface area contributed by atoms with Crippen molar-refractivity contribution < 1.29 is 18.5 Å². The van der Waals surface area contributed by atoms with E-state index < -0.39 is 0 Å². The van der Waals surface area contributed by atoms with E-state index >= 15 is 0 Å². The van der Waals surface area contributed by atoms with Gasteiger partial charge in [-0.05, 0) is 31.0 Å². The Morgan fingerprint density at radius 3 is 2.50 bits per heavy atom. The summed E-state index contributed by atoms with van der Waals surface area (Å²) in [7, 11) is 0. The van der Waals surface area contributed by atoms with Crippen molar-refractivity contribution in [2.75, 3.05) is 26.2 Å². The highest BCUT2D eigenvalue weighted by molar-refractivity contribution is 5.96. The van der Waals surface area contributed by atoms with Crippen molar-refractivity contribution in [1.82, 2.24) is 15.0 Å². The summed E-state index contributed by atoms with van der Waals surface area (Å²) in [5.74, 6) is 0.332. The summed E-state index contributed by atoms with van der Waals surface area (Å²) in [6.45, 7) is 7.65. The molecule has 28 heavy (non-hydrogen) atoms. The van der Waals surface area contributed by atoms with Crippen LogP contribution in [0.15, 0.2) is 28.8 Å². The van der Waals surface area contributed by atoms with Crippen LogP contribution in [-0.2, 0) is 11.2 Å². The number of carbonyl (C=O) groups excluding carboxylic acids is 2. The second-order valence-electron chi connectivity index (χ2n) is 7.46. The average molecular weight is 387 g/mol. The minimum absolute atomic E-state index is 0.0281. The molecule has 0 aliphatic carbocycles. The quantitative estimate of drug-likeness (QED) is 0.790. The lowest BCUT2D eigenvalue weighted by atomic mass is 10.0. The third kappa shape index (κ3) is 4.40. The molecule has 1 aromatic carbocycles. The third-order valence-corrected chi connectivity index (χ3v) is 5.06. The number of hydrogen-bond acceptors (Lipinski definition) is 4. The molecule has 150 valence electrons. The van der Waals surface area contributed by atoms with Gasteiger partial charge >= 0.3 is 0 Å². The highest BCUT2D eigenvalue weighted by Gasteiger charge is 2.30. The number of rotatable bonds is 5. The van der Waals surface area contributed by atoms with Gasteiger partial charge in [0.15, 0.2) is 5.76 Å². The molecule has 2 aromatic rings. The zero-order valence-electron chi connectivity index (χ0n) is 16.6. The standard InChI is InChI=1S/C21H26FN3O3/c1-14(2)20-19(15(3)23-28-20)21(27)25-11-9-24(10-12-25)18(26)8-7-16-5-4-6-17(22)13-16/h4-6,13-14H,7-12H2,1-3H3. The predicted octanol–water partition coefficient (Wildman–Crippen LogP) is 3.16. The second-order valence-corrected chi connectivity index (χ2v) is 7.46. The van der Waals surface area contributed by atoms with Crippen molar-refractivity contribution in [3.05, 3.63) is 52.7 Å². The smallest absolute Gasteiger partial charge is 0.259 e. The fourth-order valence-corrected chi connectivity index (χ4v) is 3.46. The molecular formula is C21H26FN3O3. The lowest BCUT2D eigenvalue weighted by Crippen LogP contribution is -2.50. The van der Waals surface area contributed by atoms with E-state index in [-0.39, 0.29) is 23.5 Å².